The fraction of sp³-hybridized carbons (Fsp3) is 0.200. The Kier molecular flexibility index (Phi) is 6.15. The maximum atomic E-state index is 13.3. The van der Waals surface area contributed by atoms with E-state index in [1.54, 1.807) is 24.3 Å². The number of halogens is 4. The second-order valence-corrected chi connectivity index (χ2v) is 9.01. The largest absolute Gasteiger partial charge is 0.468 e. The molecule has 6 nitrogen and oxygen atoms in total. The number of nitrogens with zero attached hydrogens (tertiary/aromatic N) is 2. The summed E-state index contributed by atoms with van der Waals surface area (Å²) in [7, 11) is -2.29. The normalized spacial score (nSPS) is 12.1. The average Bonchev–Trinajstić information content (AvgIpc) is 3.03. The molecule has 1 heterocycles. The highest BCUT2D eigenvalue weighted by atomic mass is 35.5. The maximum absolute atomic E-state index is 13.3. The van der Waals surface area contributed by atoms with Crippen molar-refractivity contribution in [3.8, 4) is 22.4 Å². The highest BCUT2D eigenvalue weighted by Gasteiger charge is 2.39. The molecule has 0 amide bonds. The van der Waals surface area contributed by atoms with Gasteiger partial charge in [-0.05, 0) is 23.3 Å². The summed E-state index contributed by atoms with van der Waals surface area (Å²) in [5, 5.41) is 2.82. The minimum atomic E-state index is -4.81. The van der Waals surface area contributed by atoms with E-state index in [2.05, 4.69) is 9.84 Å². The standard InChI is InChI=1S/C20H16ClF3N2O4S/c1-30-16(27)11-26-18(17(21)19(25-26)20(22,23)24)13-8-6-12(7-9-13)14-4-3-5-15(10-14)31(2,28)29/h3-10H,11H2,1-2H3. The molecule has 0 aliphatic rings. The molecule has 0 aliphatic carbocycles. The summed E-state index contributed by atoms with van der Waals surface area (Å²) in [5.74, 6) is -0.789. The van der Waals surface area contributed by atoms with Gasteiger partial charge in [0, 0.05) is 11.8 Å². The van der Waals surface area contributed by atoms with Crippen molar-refractivity contribution in [3.05, 3.63) is 59.2 Å². The molecule has 0 spiro atoms. The second-order valence-electron chi connectivity index (χ2n) is 6.62. The SMILES string of the molecule is COC(=O)Cn1nc(C(F)(F)F)c(Cl)c1-c1ccc(-c2cccc(S(C)(=O)=O)c2)cc1. The fourth-order valence-corrected chi connectivity index (χ4v) is 3.94. The van der Waals surface area contributed by atoms with Crippen LogP contribution in [0.2, 0.25) is 5.02 Å². The third-order valence-corrected chi connectivity index (χ3v) is 5.89. The molecule has 0 N–H and O–H groups in total. The molecule has 0 saturated carbocycles. The molecule has 0 fully saturated rings. The highest BCUT2D eigenvalue weighted by molar-refractivity contribution is 7.90. The third-order valence-electron chi connectivity index (χ3n) is 4.42. The number of hydrogen-bond donors (Lipinski definition) is 0. The Morgan fingerprint density at radius 2 is 1.71 bits per heavy atom. The predicted molar refractivity (Wildman–Crippen MR) is 108 cm³/mol. The topological polar surface area (TPSA) is 78.3 Å². The van der Waals surface area contributed by atoms with E-state index in [1.807, 2.05) is 0 Å². The number of benzene rings is 2. The van der Waals surface area contributed by atoms with Gasteiger partial charge in [0.05, 0.1) is 22.7 Å². The molecule has 0 bridgehead atoms. The first-order valence-corrected chi connectivity index (χ1v) is 11.0. The van der Waals surface area contributed by atoms with Gasteiger partial charge >= 0.3 is 12.1 Å². The lowest BCUT2D eigenvalue weighted by molar-refractivity contribution is -0.144. The number of carbonyl (C=O) groups is 1. The monoisotopic (exact) mass is 472 g/mol. The van der Waals surface area contributed by atoms with Gasteiger partial charge in [-0.25, -0.2) is 8.42 Å². The van der Waals surface area contributed by atoms with Crippen LogP contribution in [-0.4, -0.2) is 37.5 Å². The Morgan fingerprint density at radius 3 is 2.26 bits per heavy atom. The molecule has 0 atom stereocenters. The van der Waals surface area contributed by atoms with Crippen LogP contribution < -0.4 is 0 Å². The molecule has 2 aromatic carbocycles. The van der Waals surface area contributed by atoms with E-state index in [1.165, 1.54) is 24.3 Å². The van der Waals surface area contributed by atoms with E-state index in [9.17, 15) is 26.4 Å². The van der Waals surface area contributed by atoms with Gasteiger partial charge in [-0.1, -0.05) is 48.0 Å². The van der Waals surface area contributed by atoms with E-state index in [4.69, 9.17) is 11.6 Å². The molecule has 1 aromatic heterocycles. The number of ether oxygens (including phenoxy) is 1. The lowest BCUT2D eigenvalue weighted by Crippen LogP contribution is -2.15. The fourth-order valence-electron chi connectivity index (χ4n) is 2.93. The van der Waals surface area contributed by atoms with Gasteiger partial charge in [0.25, 0.3) is 0 Å². The summed E-state index contributed by atoms with van der Waals surface area (Å²) in [5.41, 5.74) is 0.147. The molecule has 3 rings (SSSR count). The van der Waals surface area contributed by atoms with Crippen LogP contribution in [0.25, 0.3) is 22.4 Å². The zero-order valence-electron chi connectivity index (χ0n) is 16.3. The number of rotatable bonds is 5. The van der Waals surface area contributed by atoms with E-state index in [0.29, 0.717) is 16.7 Å². The van der Waals surface area contributed by atoms with Gasteiger partial charge in [0.1, 0.15) is 6.54 Å². The van der Waals surface area contributed by atoms with Gasteiger partial charge in [-0.2, -0.15) is 18.3 Å². The van der Waals surface area contributed by atoms with E-state index < -0.39 is 39.2 Å². The van der Waals surface area contributed by atoms with Crippen molar-refractivity contribution in [1.29, 1.82) is 0 Å². The summed E-state index contributed by atoms with van der Waals surface area (Å²) >= 11 is 5.98. The van der Waals surface area contributed by atoms with Crippen molar-refractivity contribution in [2.45, 2.75) is 17.6 Å². The Bertz CT molecular complexity index is 1240. The number of sulfone groups is 1. The molecule has 31 heavy (non-hydrogen) atoms. The minimum absolute atomic E-state index is 0.0872. The lowest BCUT2D eigenvalue weighted by Gasteiger charge is -2.09. The predicted octanol–water partition coefficient (Wildman–Crippen LogP) is 4.47. The van der Waals surface area contributed by atoms with Crippen LogP contribution in [0, 0.1) is 0 Å². The first-order valence-electron chi connectivity index (χ1n) is 8.73. The van der Waals surface area contributed by atoms with Gasteiger partial charge in [-0.3, -0.25) is 9.48 Å². The smallest absolute Gasteiger partial charge is 0.436 e. The van der Waals surface area contributed by atoms with Crippen LogP contribution in [0.15, 0.2) is 53.4 Å². The van der Waals surface area contributed by atoms with Crippen molar-refractivity contribution in [2.75, 3.05) is 13.4 Å². The lowest BCUT2D eigenvalue weighted by atomic mass is 10.0. The molecule has 11 heteroatoms. The van der Waals surface area contributed by atoms with Crippen LogP contribution >= 0.6 is 11.6 Å². The molecule has 3 aromatic rings. The zero-order chi connectivity index (χ0) is 23.0. The van der Waals surface area contributed by atoms with Crippen LogP contribution in [0.5, 0.6) is 0 Å². The number of hydrogen-bond acceptors (Lipinski definition) is 5. The van der Waals surface area contributed by atoms with Gasteiger partial charge in [-0.15, -0.1) is 0 Å². The zero-order valence-corrected chi connectivity index (χ0v) is 17.8. The van der Waals surface area contributed by atoms with Gasteiger partial charge in [0.2, 0.25) is 0 Å². The number of alkyl halides is 3. The molecule has 0 saturated heterocycles. The van der Waals surface area contributed by atoms with Gasteiger partial charge in [0.15, 0.2) is 15.5 Å². The van der Waals surface area contributed by atoms with Crippen LogP contribution in [0.1, 0.15) is 5.69 Å². The van der Waals surface area contributed by atoms with Crippen molar-refractivity contribution in [2.24, 2.45) is 0 Å². The molecule has 0 aliphatic heterocycles. The summed E-state index contributed by atoms with van der Waals surface area (Å²) in [6, 6.07) is 12.5. The van der Waals surface area contributed by atoms with Crippen molar-refractivity contribution >= 4 is 27.4 Å². The maximum Gasteiger partial charge on any atom is 0.436 e. The van der Waals surface area contributed by atoms with E-state index >= 15 is 0 Å². The number of methoxy groups -OCH3 is 1. The summed E-state index contributed by atoms with van der Waals surface area (Å²) < 4.78 is 68.7. The Labute approximate surface area is 181 Å². The minimum Gasteiger partial charge on any atom is -0.468 e. The second kappa shape index (κ2) is 8.35. The van der Waals surface area contributed by atoms with Gasteiger partial charge < -0.3 is 4.74 Å². The van der Waals surface area contributed by atoms with Crippen LogP contribution in [-0.2, 0) is 32.1 Å². The van der Waals surface area contributed by atoms with E-state index in [-0.39, 0.29) is 10.6 Å². The third kappa shape index (κ3) is 4.91. The average molecular weight is 473 g/mol. The summed E-state index contributed by atoms with van der Waals surface area (Å²) in [6.45, 7) is -0.556. The van der Waals surface area contributed by atoms with Crippen molar-refractivity contribution < 1.29 is 31.1 Å². The molecule has 0 unspecified atom stereocenters. The first-order chi connectivity index (χ1) is 14.4. The summed E-state index contributed by atoms with van der Waals surface area (Å²) in [6.07, 6.45) is -3.71. The Morgan fingerprint density at radius 1 is 1.10 bits per heavy atom. The van der Waals surface area contributed by atoms with Crippen molar-refractivity contribution in [1.82, 2.24) is 9.78 Å². The Balaban J connectivity index is 2.06. The molecule has 0 radical (unpaired) electrons. The molecular weight excluding hydrogens is 457 g/mol. The first kappa shape index (κ1) is 22.8. The van der Waals surface area contributed by atoms with E-state index in [0.717, 1.165) is 18.0 Å². The highest BCUT2D eigenvalue weighted by Crippen LogP contribution is 2.40. The quantitative estimate of drug-likeness (QED) is 0.512. The van der Waals surface area contributed by atoms with Crippen molar-refractivity contribution in [3.63, 3.8) is 0 Å². The molecular formula is C20H16ClF3N2O4S. The van der Waals surface area contributed by atoms with Crippen LogP contribution in [0.3, 0.4) is 0 Å². The van der Waals surface area contributed by atoms with Crippen LogP contribution in [0.4, 0.5) is 13.2 Å². The number of carbonyl (C=O) groups excluding carboxylic acids is 1. The summed E-state index contributed by atoms with van der Waals surface area (Å²) in [4.78, 5) is 11.8. The molecule has 164 valence electrons. The number of esters is 1. The Hall–Kier alpha value is -2.85. The number of aromatic nitrogens is 2.